The first-order valence-electron chi connectivity index (χ1n) is 6.29. The average molecular weight is 287 g/mol. The minimum absolute atomic E-state index is 0.0200. The zero-order valence-corrected chi connectivity index (χ0v) is 10.9. The summed E-state index contributed by atoms with van der Waals surface area (Å²) >= 11 is 0. The van der Waals surface area contributed by atoms with Crippen molar-refractivity contribution in [3.8, 4) is 0 Å². The molecule has 0 fully saturated rings. The number of unbranched alkanes of at least 4 members (excludes halogenated alkanes) is 1. The molecule has 0 radical (unpaired) electrons. The molecule has 0 aromatic rings. The fourth-order valence-corrected chi connectivity index (χ4v) is 1.90. The highest BCUT2D eigenvalue weighted by Crippen LogP contribution is 2.41. The molecule has 1 unspecified atom stereocenters. The molecule has 3 nitrogen and oxygen atoms in total. The van der Waals surface area contributed by atoms with Gasteiger partial charge in [0.15, 0.2) is 0 Å². The average Bonchev–Trinajstić information content (AvgIpc) is 2.69. The van der Waals surface area contributed by atoms with Gasteiger partial charge in [-0.2, -0.15) is 27.1 Å². The van der Waals surface area contributed by atoms with E-state index in [0.29, 0.717) is 25.7 Å². The van der Waals surface area contributed by atoms with Crippen LogP contribution in [0.4, 0.5) is 22.0 Å². The normalized spacial score (nSPS) is 20.5. The second-order valence-corrected chi connectivity index (χ2v) is 4.46. The lowest BCUT2D eigenvalue weighted by molar-refractivity contribution is -0.334. The Bertz CT molecular complexity index is 316. The maximum atomic E-state index is 13.4. The molecule has 1 aliphatic heterocycles. The van der Waals surface area contributed by atoms with Gasteiger partial charge in [0.05, 0.1) is 0 Å². The Morgan fingerprint density at radius 3 is 2.21 bits per heavy atom. The van der Waals surface area contributed by atoms with Crippen LogP contribution in [-0.2, 0) is 0 Å². The van der Waals surface area contributed by atoms with Gasteiger partial charge in [0.1, 0.15) is 12.5 Å². The van der Waals surface area contributed by atoms with E-state index in [1.165, 1.54) is 5.01 Å². The second-order valence-electron chi connectivity index (χ2n) is 4.46. The third-order valence-electron chi connectivity index (χ3n) is 2.94. The van der Waals surface area contributed by atoms with Crippen molar-refractivity contribution in [2.75, 3.05) is 6.54 Å². The van der Waals surface area contributed by atoms with E-state index < -0.39 is 18.4 Å². The van der Waals surface area contributed by atoms with E-state index in [2.05, 4.69) is 5.10 Å². The number of hydrogen-bond acceptors (Lipinski definition) is 3. The Kier molecular flexibility index (Phi) is 4.98. The molecule has 1 aliphatic rings. The monoisotopic (exact) mass is 287 g/mol. The van der Waals surface area contributed by atoms with Crippen LogP contribution in [0, 0.1) is 0 Å². The summed E-state index contributed by atoms with van der Waals surface area (Å²) < 4.78 is 64.0. The first-order valence-corrected chi connectivity index (χ1v) is 6.29. The van der Waals surface area contributed by atoms with Crippen molar-refractivity contribution in [3.05, 3.63) is 0 Å². The van der Waals surface area contributed by atoms with Gasteiger partial charge in [-0.05, 0) is 12.8 Å². The SMILES string of the molecule is CCCCN1N=CN(C(F)(F)C(F)(F)F)C1CCC. The molecule has 0 amide bonds. The molecule has 8 heteroatoms. The summed E-state index contributed by atoms with van der Waals surface area (Å²) in [7, 11) is 0. The van der Waals surface area contributed by atoms with Crippen molar-refractivity contribution >= 4 is 6.34 Å². The number of halogens is 5. The predicted molar refractivity (Wildman–Crippen MR) is 61.6 cm³/mol. The zero-order valence-electron chi connectivity index (χ0n) is 10.9. The highest BCUT2D eigenvalue weighted by Gasteiger charge is 2.64. The van der Waals surface area contributed by atoms with Crippen molar-refractivity contribution in [2.24, 2.45) is 5.10 Å². The van der Waals surface area contributed by atoms with Gasteiger partial charge in [0.25, 0.3) is 0 Å². The van der Waals surface area contributed by atoms with Crippen LogP contribution in [-0.4, -0.2) is 41.2 Å². The Balaban J connectivity index is 2.87. The van der Waals surface area contributed by atoms with E-state index in [4.69, 9.17) is 0 Å². The van der Waals surface area contributed by atoms with Gasteiger partial charge in [0.2, 0.25) is 0 Å². The van der Waals surface area contributed by atoms with Gasteiger partial charge in [-0.1, -0.05) is 26.7 Å². The number of alkyl halides is 5. The van der Waals surface area contributed by atoms with Crippen LogP contribution in [0.5, 0.6) is 0 Å². The highest BCUT2D eigenvalue weighted by molar-refractivity contribution is 5.58. The Morgan fingerprint density at radius 1 is 1.11 bits per heavy atom. The summed E-state index contributed by atoms with van der Waals surface area (Å²) in [6.07, 6.45) is -3.82. The lowest BCUT2D eigenvalue weighted by atomic mass is 10.2. The Labute approximate surface area is 109 Å². The molecular weight excluding hydrogens is 269 g/mol. The number of nitrogens with zero attached hydrogens (tertiary/aromatic N) is 3. The van der Waals surface area contributed by atoms with Crippen LogP contribution >= 0.6 is 0 Å². The summed E-state index contributed by atoms with van der Waals surface area (Å²) in [6.45, 7) is 4.03. The second kappa shape index (κ2) is 5.92. The lowest BCUT2D eigenvalue weighted by Gasteiger charge is -2.35. The molecule has 0 aromatic carbocycles. The Hall–Kier alpha value is -1.08. The molecule has 0 saturated carbocycles. The maximum absolute atomic E-state index is 13.4. The van der Waals surface area contributed by atoms with Gasteiger partial charge in [0, 0.05) is 6.54 Å². The lowest BCUT2D eigenvalue weighted by Crippen LogP contribution is -2.56. The number of hydrogen-bond donors (Lipinski definition) is 0. The van der Waals surface area contributed by atoms with Crippen LogP contribution < -0.4 is 0 Å². The summed E-state index contributed by atoms with van der Waals surface area (Å²) in [5, 5.41) is 5.00. The molecule has 0 bridgehead atoms. The third kappa shape index (κ3) is 3.27. The minimum Gasteiger partial charge on any atom is -0.273 e. The highest BCUT2D eigenvalue weighted by atomic mass is 19.4. The fourth-order valence-electron chi connectivity index (χ4n) is 1.90. The first-order chi connectivity index (χ1) is 8.75. The fraction of sp³-hybridized carbons (Fsp3) is 0.909. The molecule has 0 aliphatic carbocycles. The van der Waals surface area contributed by atoms with E-state index in [1.807, 2.05) is 6.92 Å². The largest absolute Gasteiger partial charge is 0.475 e. The summed E-state index contributed by atoms with van der Waals surface area (Å²) in [4.78, 5) is 0.0200. The van der Waals surface area contributed by atoms with Crippen molar-refractivity contribution in [3.63, 3.8) is 0 Å². The van der Waals surface area contributed by atoms with E-state index in [-0.39, 0.29) is 11.3 Å². The van der Waals surface area contributed by atoms with Gasteiger partial charge < -0.3 is 0 Å². The molecule has 0 spiro atoms. The van der Waals surface area contributed by atoms with Gasteiger partial charge in [-0.15, -0.1) is 0 Å². The smallest absolute Gasteiger partial charge is 0.273 e. The molecule has 1 heterocycles. The summed E-state index contributed by atoms with van der Waals surface area (Å²) in [5.74, 6) is 0. The molecule has 1 rings (SSSR count). The molecular formula is C11H18F5N3. The molecule has 112 valence electrons. The number of hydrazone groups is 1. The van der Waals surface area contributed by atoms with Crippen LogP contribution in [0.15, 0.2) is 5.10 Å². The predicted octanol–water partition coefficient (Wildman–Crippen LogP) is 3.63. The van der Waals surface area contributed by atoms with Gasteiger partial charge >= 0.3 is 12.2 Å². The van der Waals surface area contributed by atoms with Crippen LogP contribution in [0.1, 0.15) is 39.5 Å². The topological polar surface area (TPSA) is 18.8 Å². The van der Waals surface area contributed by atoms with Crippen LogP contribution in [0.3, 0.4) is 0 Å². The molecule has 0 saturated heterocycles. The van der Waals surface area contributed by atoms with E-state index in [9.17, 15) is 22.0 Å². The summed E-state index contributed by atoms with van der Waals surface area (Å²) in [5.41, 5.74) is 0. The zero-order chi connectivity index (χ0) is 14.7. The van der Waals surface area contributed by atoms with Crippen molar-refractivity contribution in [2.45, 2.75) is 57.9 Å². The Morgan fingerprint density at radius 2 is 1.74 bits per heavy atom. The van der Waals surface area contributed by atoms with Crippen molar-refractivity contribution in [1.29, 1.82) is 0 Å². The molecule has 0 N–H and O–H groups in total. The quantitative estimate of drug-likeness (QED) is 0.549. The summed E-state index contributed by atoms with van der Waals surface area (Å²) in [6, 6.07) is -4.89. The first kappa shape index (κ1) is 16.0. The van der Waals surface area contributed by atoms with Crippen molar-refractivity contribution in [1.82, 2.24) is 9.91 Å². The van der Waals surface area contributed by atoms with Crippen LogP contribution in [0.2, 0.25) is 0 Å². The van der Waals surface area contributed by atoms with Crippen LogP contribution in [0.25, 0.3) is 0 Å². The van der Waals surface area contributed by atoms with E-state index >= 15 is 0 Å². The van der Waals surface area contributed by atoms with Gasteiger partial charge in [-0.3, -0.25) is 9.91 Å². The number of rotatable bonds is 6. The maximum Gasteiger partial charge on any atom is 0.475 e. The molecule has 19 heavy (non-hydrogen) atoms. The molecule has 0 aromatic heterocycles. The van der Waals surface area contributed by atoms with Crippen molar-refractivity contribution < 1.29 is 22.0 Å². The van der Waals surface area contributed by atoms with E-state index in [1.54, 1.807) is 6.92 Å². The minimum atomic E-state index is -5.61. The third-order valence-corrected chi connectivity index (χ3v) is 2.94. The van der Waals surface area contributed by atoms with Gasteiger partial charge in [-0.25, -0.2) is 0 Å². The standard InChI is InChI=1S/C11H18F5N3/c1-3-5-7-19-9(6-4-2)18(8-17-19)11(15,16)10(12,13)14/h8-9H,3-7H2,1-2H3. The van der Waals surface area contributed by atoms with E-state index in [0.717, 1.165) is 6.42 Å². The molecule has 1 atom stereocenters.